The van der Waals surface area contributed by atoms with Crippen molar-refractivity contribution in [3.8, 4) is 0 Å². The molecular formula is C21H20N4O. The lowest BCUT2D eigenvalue weighted by Gasteiger charge is -2.10. The number of anilines is 2. The van der Waals surface area contributed by atoms with Crippen molar-refractivity contribution in [2.24, 2.45) is 4.99 Å². The molecule has 0 saturated carbocycles. The van der Waals surface area contributed by atoms with Gasteiger partial charge in [-0.05, 0) is 47.0 Å². The highest BCUT2D eigenvalue weighted by atomic mass is 16.3. The van der Waals surface area contributed by atoms with Crippen molar-refractivity contribution in [2.45, 2.75) is 19.1 Å². The molecule has 0 spiro atoms. The molecule has 0 fully saturated rings. The van der Waals surface area contributed by atoms with Gasteiger partial charge in [-0.2, -0.15) is 0 Å². The zero-order valence-electron chi connectivity index (χ0n) is 14.3. The topological polar surface area (TPSA) is 83.5 Å². The Balaban J connectivity index is 1.42. The van der Waals surface area contributed by atoms with Crippen molar-refractivity contribution in [1.82, 2.24) is 4.98 Å². The van der Waals surface area contributed by atoms with Crippen molar-refractivity contribution >= 4 is 17.2 Å². The summed E-state index contributed by atoms with van der Waals surface area (Å²) in [5.74, 6) is 0.947. The highest BCUT2D eigenvalue weighted by molar-refractivity contribution is 6.03. The molecule has 0 bridgehead atoms. The molecule has 0 saturated heterocycles. The Bertz CT molecular complexity index is 936. The van der Waals surface area contributed by atoms with Crippen LogP contribution in [0, 0.1) is 0 Å². The fraction of sp³-hybridized carbons (Fsp3) is 0.143. The van der Waals surface area contributed by atoms with Crippen LogP contribution in [0.4, 0.5) is 11.4 Å². The zero-order valence-corrected chi connectivity index (χ0v) is 14.3. The van der Waals surface area contributed by atoms with E-state index in [0.29, 0.717) is 12.2 Å². The summed E-state index contributed by atoms with van der Waals surface area (Å²) in [5.41, 5.74) is 11.4. The molecule has 2 heterocycles. The number of aromatic nitrogens is 1. The van der Waals surface area contributed by atoms with Gasteiger partial charge in [-0.15, -0.1) is 0 Å². The van der Waals surface area contributed by atoms with E-state index >= 15 is 0 Å². The summed E-state index contributed by atoms with van der Waals surface area (Å²) in [6, 6.07) is 19.2. The van der Waals surface area contributed by atoms with E-state index < -0.39 is 6.10 Å². The number of nitrogens with zero attached hydrogens (tertiary/aromatic N) is 2. The van der Waals surface area contributed by atoms with Crippen LogP contribution < -0.4 is 11.1 Å². The van der Waals surface area contributed by atoms with Gasteiger partial charge < -0.3 is 16.2 Å². The van der Waals surface area contributed by atoms with Gasteiger partial charge in [0.1, 0.15) is 11.9 Å². The minimum atomic E-state index is -0.715. The molecule has 3 aromatic rings. The maximum Gasteiger partial charge on any atom is 0.121 e. The first-order chi connectivity index (χ1) is 12.7. The molecular weight excluding hydrogens is 324 g/mol. The Kier molecular flexibility index (Phi) is 4.37. The molecule has 1 aromatic heterocycles. The summed E-state index contributed by atoms with van der Waals surface area (Å²) >= 11 is 0. The Morgan fingerprint density at radius 2 is 1.96 bits per heavy atom. The van der Waals surface area contributed by atoms with Gasteiger partial charge in [-0.1, -0.05) is 30.3 Å². The number of fused-ring (bicyclic) bond motifs is 1. The highest BCUT2D eigenvalue weighted by Crippen LogP contribution is 2.26. The van der Waals surface area contributed by atoms with E-state index in [1.54, 1.807) is 6.20 Å². The molecule has 1 atom stereocenters. The van der Waals surface area contributed by atoms with E-state index in [4.69, 9.17) is 5.73 Å². The number of rotatable bonds is 4. The number of hydrogen-bond acceptors (Lipinski definition) is 4. The smallest absolute Gasteiger partial charge is 0.121 e. The minimum absolute atomic E-state index is 0.589. The van der Waals surface area contributed by atoms with Crippen LogP contribution in [0.2, 0.25) is 0 Å². The van der Waals surface area contributed by atoms with Crippen molar-refractivity contribution in [3.63, 3.8) is 0 Å². The maximum absolute atomic E-state index is 10.4. The molecule has 5 heteroatoms. The number of aliphatic hydroxyl groups is 1. The molecule has 2 aromatic carbocycles. The van der Waals surface area contributed by atoms with E-state index in [9.17, 15) is 5.11 Å². The number of pyridine rings is 1. The van der Waals surface area contributed by atoms with Crippen LogP contribution in [0.1, 0.15) is 28.5 Å². The van der Waals surface area contributed by atoms with Gasteiger partial charge >= 0.3 is 0 Å². The Labute approximate surface area is 152 Å². The summed E-state index contributed by atoms with van der Waals surface area (Å²) in [7, 11) is 0. The number of amidine groups is 1. The number of aliphatic hydroxyl groups excluding tert-OH is 1. The van der Waals surface area contributed by atoms with E-state index in [0.717, 1.165) is 34.8 Å². The summed E-state index contributed by atoms with van der Waals surface area (Å²) < 4.78 is 0. The van der Waals surface area contributed by atoms with Crippen molar-refractivity contribution in [1.29, 1.82) is 0 Å². The van der Waals surface area contributed by atoms with Crippen LogP contribution in [-0.4, -0.2) is 15.9 Å². The molecule has 1 aliphatic heterocycles. The molecule has 130 valence electrons. The average molecular weight is 344 g/mol. The molecule has 5 nitrogen and oxygen atoms in total. The van der Waals surface area contributed by atoms with Crippen LogP contribution in [0.25, 0.3) is 0 Å². The average Bonchev–Trinajstić information content (AvgIpc) is 3.09. The lowest BCUT2D eigenvalue weighted by molar-refractivity contribution is 0.215. The van der Waals surface area contributed by atoms with E-state index in [2.05, 4.69) is 15.3 Å². The Morgan fingerprint density at radius 3 is 2.73 bits per heavy atom. The van der Waals surface area contributed by atoms with Gasteiger partial charge in [-0.3, -0.25) is 9.98 Å². The highest BCUT2D eigenvalue weighted by Gasteiger charge is 2.16. The van der Waals surface area contributed by atoms with E-state index in [-0.39, 0.29) is 0 Å². The standard InChI is InChI=1S/C21H20N4O/c22-17-8-9-18-16(11-17)12-20(25-18)24-13-14-4-6-15(7-5-14)21(26)19-3-1-2-10-23-19/h1-11,21,26H,12-13,22H2,(H,24,25). The van der Waals surface area contributed by atoms with Gasteiger partial charge in [0.05, 0.1) is 12.2 Å². The molecule has 0 radical (unpaired) electrons. The predicted octanol–water partition coefficient (Wildman–Crippen LogP) is 3.31. The third-order valence-electron chi connectivity index (χ3n) is 4.48. The van der Waals surface area contributed by atoms with Gasteiger partial charge in [-0.25, -0.2) is 0 Å². The molecule has 0 amide bonds. The second-order valence-electron chi connectivity index (χ2n) is 6.38. The van der Waals surface area contributed by atoms with E-state index in [1.165, 1.54) is 5.56 Å². The number of nitrogens with one attached hydrogen (secondary N) is 1. The van der Waals surface area contributed by atoms with Crippen LogP contribution in [0.5, 0.6) is 0 Å². The predicted molar refractivity (Wildman–Crippen MR) is 104 cm³/mol. The second-order valence-corrected chi connectivity index (χ2v) is 6.38. The van der Waals surface area contributed by atoms with Crippen LogP contribution >= 0.6 is 0 Å². The van der Waals surface area contributed by atoms with Crippen molar-refractivity contribution in [2.75, 3.05) is 11.1 Å². The number of nitrogen functional groups attached to an aromatic ring is 1. The van der Waals surface area contributed by atoms with Crippen LogP contribution in [0.15, 0.2) is 71.9 Å². The number of hydrogen-bond donors (Lipinski definition) is 3. The summed E-state index contributed by atoms with van der Waals surface area (Å²) in [4.78, 5) is 8.86. The first kappa shape index (κ1) is 16.3. The summed E-state index contributed by atoms with van der Waals surface area (Å²) in [5, 5.41) is 13.7. The molecule has 1 aliphatic rings. The van der Waals surface area contributed by atoms with Gasteiger partial charge in [0.25, 0.3) is 0 Å². The third kappa shape index (κ3) is 3.43. The summed E-state index contributed by atoms with van der Waals surface area (Å²) in [6.07, 6.45) is 1.74. The normalized spacial score (nSPS) is 15.5. The van der Waals surface area contributed by atoms with E-state index in [1.807, 2.05) is 60.7 Å². The van der Waals surface area contributed by atoms with Gasteiger partial charge in [0, 0.05) is 24.0 Å². The van der Waals surface area contributed by atoms with Gasteiger partial charge in [0.2, 0.25) is 0 Å². The lowest BCUT2D eigenvalue weighted by Crippen LogP contribution is -2.06. The molecule has 26 heavy (non-hydrogen) atoms. The fourth-order valence-corrected chi connectivity index (χ4v) is 3.06. The zero-order chi connectivity index (χ0) is 17.9. The fourth-order valence-electron chi connectivity index (χ4n) is 3.06. The third-order valence-corrected chi connectivity index (χ3v) is 4.48. The lowest BCUT2D eigenvalue weighted by atomic mass is 10.0. The number of nitrogens with two attached hydrogens (primary N) is 1. The quantitative estimate of drug-likeness (QED) is 0.634. The molecule has 1 unspecified atom stereocenters. The number of aliphatic imine (C=N–C) groups is 1. The second kappa shape index (κ2) is 6.98. The monoisotopic (exact) mass is 344 g/mol. The van der Waals surface area contributed by atoms with Gasteiger partial charge in [0.15, 0.2) is 0 Å². The Morgan fingerprint density at radius 1 is 1.12 bits per heavy atom. The molecule has 0 aliphatic carbocycles. The summed E-state index contributed by atoms with van der Waals surface area (Å²) in [6.45, 7) is 0.589. The maximum atomic E-state index is 10.4. The first-order valence-corrected chi connectivity index (χ1v) is 8.55. The minimum Gasteiger partial charge on any atom is -0.399 e. The SMILES string of the molecule is Nc1ccc2c(c1)CC(=NCc1ccc(C(O)c3ccccn3)cc1)N2. The van der Waals surface area contributed by atoms with Crippen LogP contribution in [-0.2, 0) is 13.0 Å². The molecule has 4 N–H and O–H groups in total. The molecule has 4 rings (SSSR count). The Hall–Kier alpha value is -3.18. The van der Waals surface area contributed by atoms with Crippen LogP contribution in [0.3, 0.4) is 0 Å². The largest absolute Gasteiger partial charge is 0.399 e. The number of benzene rings is 2. The first-order valence-electron chi connectivity index (χ1n) is 8.55. The van der Waals surface area contributed by atoms with Crippen molar-refractivity contribution in [3.05, 3.63) is 89.2 Å². The van der Waals surface area contributed by atoms with Crippen molar-refractivity contribution < 1.29 is 5.11 Å².